The zero-order valence-corrected chi connectivity index (χ0v) is 11.1. The Morgan fingerprint density at radius 1 is 1.39 bits per heavy atom. The van der Waals surface area contributed by atoms with Crippen molar-refractivity contribution in [1.29, 1.82) is 0 Å². The molecule has 0 spiro atoms. The van der Waals surface area contributed by atoms with Crippen molar-refractivity contribution in [1.82, 2.24) is 5.32 Å². The van der Waals surface area contributed by atoms with Crippen LogP contribution < -0.4 is 10.2 Å². The van der Waals surface area contributed by atoms with Crippen LogP contribution in [0.15, 0.2) is 24.3 Å². The molecule has 18 heavy (non-hydrogen) atoms. The molecule has 0 amide bonds. The van der Waals surface area contributed by atoms with Gasteiger partial charge in [0.15, 0.2) is 0 Å². The number of hydrogen-bond donors (Lipinski definition) is 1. The predicted molar refractivity (Wildman–Crippen MR) is 72.3 cm³/mol. The average molecular weight is 248 g/mol. The molecule has 3 rings (SSSR count). The molecule has 0 bridgehead atoms. The third-order valence-electron chi connectivity index (χ3n) is 4.61. The molecule has 2 aliphatic rings. The first kappa shape index (κ1) is 12.0. The maximum atomic E-state index is 13.3. The fourth-order valence-corrected chi connectivity index (χ4v) is 3.53. The van der Waals surface area contributed by atoms with E-state index in [-0.39, 0.29) is 5.82 Å². The summed E-state index contributed by atoms with van der Waals surface area (Å²) in [6.07, 6.45) is 1.20. The van der Waals surface area contributed by atoms with Crippen molar-refractivity contribution in [2.45, 2.75) is 26.3 Å². The second kappa shape index (κ2) is 4.23. The normalized spacial score (nSPS) is 30.3. The zero-order chi connectivity index (χ0) is 12.8. The quantitative estimate of drug-likeness (QED) is 0.822. The van der Waals surface area contributed by atoms with Gasteiger partial charge in [-0.05, 0) is 36.0 Å². The third-order valence-corrected chi connectivity index (χ3v) is 4.61. The number of piperidine rings is 1. The van der Waals surface area contributed by atoms with Crippen LogP contribution in [0.1, 0.15) is 20.3 Å². The van der Waals surface area contributed by atoms with Gasteiger partial charge in [0.2, 0.25) is 0 Å². The van der Waals surface area contributed by atoms with Crippen molar-refractivity contribution >= 4 is 5.69 Å². The van der Waals surface area contributed by atoms with Gasteiger partial charge in [-0.15, -0.1) is 0 Å². The van der Waals surface area contributed by atoms with Crippen LogP contribution in [0.4, 0.5) is 10.1 Å². The van der Waals surface area contributed by atoms with E-state index in [1.54, 1.807) is 12.1 Å². The van der Waals surface area contributed by atoms with Crippen molar-refractivity contribution in [2.75, 3.05) is 24.5 Å². The summed E-state index contributed by atoms with van der Waals surface area (Å²) in [6, 6.07) is 7.50. The summed E-state index contributed by atoms with van der Waals surface area (Å²) in [6.45, 7) is 7.83. The summed E-state index contributed by atoms with van der Waals surface area (Å²) >= 11 is 0. The molecule has 98 valence electrons. The second-order valence-corrected chi connectivity index (χ2v) is 6.30. The van der Waals surface area contributed by atoms with Crippen LogP contribution in [0.25, 0.3) is 0 Å². The van der Waals surface area contributed by atoms with Gasteiger partial charge in [0.1, 0.15) is 5.82 Å². The highest BCUT2D eigenvalue weighted by atomic mass is 19.1. The van der Waals surface area contributed by atoms with Crippen LogP contribution in [-0.2, 0) is 0 Å². The lowest BCUT2D eigenvalue weighted by molar-refractivity contribution is 0.227. The number of rotatable bonds is 1. The Labute approximate surface area is 108 Å². The van der Waals surface area contributed by atoms with E-state index in [9.17, 15) is 4.39 Å². The maximum Gasteiger partial charge on any atom is 0.125 e. The monoisotopic (exact) mass is 248 g/mol. The van der Waals surface area contributed by atoms with E-state index in [1.807, 2.05) is 6.07 Å². The Morgan fingerprint density at radius 3 is 3.00 bits per heavy atom. The maximum absolute atomic E-state index is 13.3. The SMILES string of the molecule is CC1(C)CNC2CN(c3cccc(F)c3)CCC21. The van der Waals surface area contributed by atoms with E-state index >= 15 is 0 Å². The van der Waals surface area contributed by atoms with Crippen molar-refractivity contribution in [3.05, 3.63) is 30.1 Å². The number of nitrogens with zero attached hydrogens (tertiary/aromatic N) is 1. The molecule has 1 aromatic carbocycles. The first-order chi connectivity index (χ1) is 8.56. The first-order valence-electron chi connectivity index (χ1n) is 6.80. The van der Waals surface area contributed by atoms with Crippen LogP contribution in [0.2, 0.25) is 0 Å². The van der Waals surface area contributed by atoms with Gasteiger partial charge in [-0.3, -0.25) is 0 Å². The highest BCUT2D eigenvalue weighted by molar-refractivity contribution is 5.47. The smallest absolute Gasteiger partial charge is 0.125 e. The predicted octanol–water partition coefficient (Wildman–Crippen LogP) is 2.65. The van der Waals surface area contributed by atoms with Gasteiger partial charge in [0.25, 0.3) is 0 Å². The second-order valence-electron chi connectivity index (χ2n) is 6.30. The topological polar surface area (TPSA) is 15.3 Å². The Bertz CT molecular complexity index is 444. The number of nitrogens with one attached hydrogen (secondary N) is 1. The van der Waals surface area contributed by atoms with Gasteiger partial charge in [-0.25, -0.2) is 4.39 Å². The molecule has 0 saturated carbocycles. The van der Waals surface area contributed by atoms with Crippen LogP contribution >= 0.6 is 0 Å². The Balaban J connectivity index is 1.76. The minimum atomic E-state index is -0.144. The van der Waals surface area contributed by atoms with Crippen LogP contribution in [-0.4, -0.2) is 25.7 Å². The summed E-state index contributed by atoms with van der Waals surface area (Å²) in [5, 5.41) is 3.63. The molecule has 0 aromatic heterocycles. The standard InChI is InChI=1S/C15H21FN2/c1-15(2)10-17-14-9-18(7-6-13(14)15)12-5-3-4-11(16)8-12/h3-5,8,13-14,17H,6-7,9-10H2,1-2H3. The van der Waals surface area contributed by atoms with Crippen molar-refractivity contribution in [3.63, 3.8) is 0 Å². The molecular weight excluding hydrogens is 227 g/mol. The van der Waals surface area contributed by atoms with E-state index in [4.69, 9.17) is 0 Å². The van der Waals surface area contributed by atoms with Crippen molar-refractivity contribution in [2.24, 2.45) is 11.3 Å². The van der Waals surface area contributed by atoms with Crippen LogP contribution in [0, 0.1) is 17.2 Å². The van der Waals surface area contributed by atoms with Gasteiger partial charge >= 0.3 is 0 Å². The largest absolute Gasteiger partial charge is 0.370 e. The summed E-state index contributed by atoms with van der Waals surface area (Å²) in [7, 11) is 0. The minimum Gasteiger partial charge on any atom is -0.370 e. The highest BCUT2D eigenvalue weighted by Gasteiger charge is 2.44. The molecule has 3 heteroatoms. The number of anilines is 1. The average Bonchev–Trinajstić information content (AvgIpc) is 2.65. The molecule has 0 radical (unpaired) electrons. The van der Waals surface area contributed by atoms with E-state index in [0.29, 0.717) is 11.5 Å². The lowest BCUT2D eigenvalue weighted by Crippen LogP contribution is -2.47. The van der Waals surface area contributed by atoms with E-state index in [2.05, 4.69) is 24.1 Å². The molecular formula is C15H21FN2. The third kappa shape index (κ3) is 2.01. The summed E-state index contributed by atoms with van der Waals surface area (Å²) in [5.41, 5.74) is 1.42. The molecule has 2 heterocycles. The first-order valence-corrected chi connectivity index (χ1v) is 6.80. The molecule has 2 unspecified atom stereocenters. The molecule has 2 saturated heterocycles. The zero-order valence-electron chi connectivity index (χ0n) is 11.1. The Kier molecular flexibility index (Phi) is 2.81. The Morgan fingerprint density at radius 2 is 2.22 bits per heavy atom. The van der Waals surface area contributed by atoms with E-state index < -0.39 is 0 Å². The Hall–Kier alpha value is -1.09. The summed E-state index contributed by atoms with van der Waals surface area (Å²) in [4.78, 5) is 2.30. The van der Waals surface area contributed by atoms with Gasteiger partial charge in [0.05, 0.1) is 0 Å². The van der Waals surface area contributed by atoms with Gasteiger partial charge in [0, 0.05) is 31.4 Å². The lowest BCUT2D eigenvalue weighted by atomic mass is 9.75. The van der Waals surface area contributed by atoms with Gasteiger partial charge in [-0.2, -0.15) is 0 Å². The molecule has 2 nitrogen and oxygen atoms in total. The summed E-state index contributed by atoms with van der Waals surface area (Å²) < 4.78 is 13.3. The molecule has 1 N–H and O–H groups in total. The molecule has 0 aliphatic carbocycles. The molecule has 2 aliphatic heterocycles. The number of fused-ring (bicyclic) bond motifs is 1. The minimum absolute atomic E-state index is 0.144. The number of benzene rings is 1. The lowest BCUT2D eigenvalue weighted by Gasteiger charge is -2.40. The van der Waals surface area contributed by atoms with E-state index in [0.717, 1.165) is 31.2 Å². The van der Waals surface area contributed by atoms with Gasteiger partial charge < -0.3 is 10.2 Å². The van der Waals surface area contributed by atoms with Crippen molar-refractivity contribution < 1.29 is 4.39 Å². The molecule has 1 aromatic rings. The fourth-order valence-electron chi connectivity index (χ4n) is 3.53. The molecule has 2 atom stereocenters. The van der Waals surface area contributed by atoms with Crippen molar-refractivity contribution in [3.8, 4) is 0 Å². The number of hydrogen-bond acceptors (Lipinski definition) is 2. The van der Waals surface area contributed by atoms with Gasteiger partial charge in [-0.1, -0.05) is 19.9 Å². The fraction of sp³-hybridized carbons (Fsp3) is 0.600. The highest BCUT2D eigenvalue weighted by Crippen LogP contribution is 2.40. The number of halogens is 1. The van der Waals surface area contributed by atoms with Crippen LogP contribution in [0.3, 0.4) is 0 Å². The molecule has 2 fully saturated rings. The summed E-state index contributed by atoms with van der Waals surface area (Å²) in [5.74, 6) is 0.608. The van der Waals surface area contributed by atoms with Crippen LogP contribution in [0.5, 0.6) is 0 Å². The van der Waals surface area contributed by atoms with E-state index in [1.165, 1.54) is 12.5 Å².